The van der Waals surface area contributed by atoms with Crippen molar-refractivity contribution in [3.8, 4) is 0 Å². The summed E-state index contributed by atoms with van der Waals surface area (Å²) in [5.74, 6) is -1.06. The van der Waals surface area contributed by atoms with Gasteiger partial charge in [-0.1, -0.05) is 41.9 Å². The van der Waals surface area contributed by atoms with Crippen molar-refractivity contribution in [1.82, 2.24) is 5.32 Å². The fourth-order valence-electron chi connectivity index (χ4n) is 2.93. The molecular weight excluding hydrogens is 394 g/mol. The molecule has 0 radical (unpaired) electrons. The molecule has 0 bridgehead atoms. The molecule has 2 aromatic carbocycles. The van der Waals surface area contributed by atoms with Gasteiger partial charge >= 0.3 is 5.97 Å². The summed E-state index contributed by atoms with van der Waals surface area (Å²) >= 11 is 5.88. The van der Waals surface area contributed by atoms with Crippen LogP contribution in [0.1, 0.15) is 41.6 Å². The highest BCUT2D eigenvalue weighted by Gasteiger charge is 2.23. The Morgan fingerprint density at radius 3 is 2.59 bits per heavy atom. The summed E-state index contributed by atoms with van der Waals surface area (Å²) in [6.45, 7) is 4.01. The van der Waals surface area contributed by atoms with Crippen LogP contribution in [0.5, 0.6) is 0 Å². The van der Waals surface area contributed by atoms with Gasteiger partial charge in [0.2, 0.25) is 5.76 Å². The first-order valence-electron chi connectivity index (χ1n) is 9.29. The number of esters is 1. The van der Waals surface area contributed by atoms with E-state index in [0.29, 0.717) is 22.8 Å². The summed E-state index contributed by atoms with van der Waals surface area (Å²) in [7, 11) is 0. The predicted molar refractivity (Wildman–Crippen MR) is 110 cm³/mol. The van der Waals surface area contributed by atoms with Crippen molar-refractivity contribution in [2.24, 2.45) is 0 Å². The number of benzene rings is 2. The topological polar surface area (TPSA) is 77.8 Å². The Morgan fingerprint density at radius 1 is 1.14 bits per heavy atom. The Hall–Kier alpha value is -2.83. The van der Waals surface area contributed by atoms with Gasteiger partial charge in [-0.3, -0.25) is 4.79 Å². The lowest BCUT2D eigenvalue weighted by Gasteiger charge is -2.14. The molecule has 0 aliphatic heterocycles. The van der Waals surface area contributed by atoms with Gasteiger partial charge < -0.3 is 19.2 Å². The van der Waals surface area contributed by atoms with Crippen LogP contribution in [0.2, 0.25) is 5.02 Å². The van der Waals surface area contributed by atoms with Crippen molar-refractivity contribution in [3.63, 3.8) is 0 Å². The predicted octanol–water partition coefficient (Wildman–Crippen LogP) is 4.66. The first-order chi connectivity index (χ1) is 14.0. The van der Waals surface area contributed by atoms with E-state index < -0.39 is 18.5 Å². The molecule has 1 aromatic heterocycles. The number of carbonyl (C=O) groups excluding carboxylic acids is 2. The number of halogens is 1. The fourth-order valence-corrected chi connectivity index (χ4v) is 3.05. The van der Waals surface area contributed by atoms with Crippen molar-refractivity contribution in [2.75, 3.05) is 13.2 Å². The first kappa shape index (κ1) is 20.9. The smallest absolute Gasteiger partial charge is 0.375 e. The van der Waals surface area contributed by atoms with Gasteiger partial charge in [0.25, 0.3) is 5.91 Å². The van der Waals surface area contributed by atoms with Crippen molar-refractivity contribution in [3.05, 3.63) is 70.4 Å². The maximum Gasteiger partial charge on any atom is 0.375 e. The van der Waals surface area contributed by atoms with Gasteiger partial charge in [0.15, 0.2) is 6.61 Å². The first-order valence-corrected chi connectivity index (χ1v) is 9.67. The quantitative estimate of drug-likeness (QED) is 0.541. The highest BCUT2D eigenvalue weighted by molar-refractivity contribution is 6.30. The van der Waals surface area contributed by atoms with Crippen molar-refractivity contribution in [2.45, 2.75) is 26.5 Å². The SMILES string of the molecule is CCOCc1c(C(=O)OCC(=O)N[C@@H](C)c2ccc(Cl)cc2)oc2ccccc12. The van der Waals surface area contributed by atoms with Gasteiger partial charge in [0, 0.05) is 22.6 Å². The monoisotopic (exact) mass is 415 g/mol. The van der Waals surface area contributed by atoms with Crippen LogP contribution >= 0.6 is 11.6 Å². The third-order valence-corrected chi connectivity index (χ3v) is 4.67. The number of fused-ring (bicyclic) bond motifs is 1. The molecule has 6 nitrogen and oxygen atoms in total. The average Bonchev–Trinajstić information content (AvgIpc) is 3.09. The minimum Gasteiger partial charge on any atom is -0.450 e. The second-order valence-electron chi connectivity index (χ2n) is 6.46. The molecule has 1 heterocycles. The van der Waals surface area contributed by atoms with Crippen LogP contribution < -0.4 is 5.32 Å². The molecule has 0 saturated carbocycles. The van der Waals surface area contributed by atoms with Gasteiger partial charge in [-0.25, -0.2) is 4.79 Å². The summed E-state index contributed by atoms with van der Waals surface area (Å²) < 4.78 is 16.3. The summed E-state index contributed by atoms with van der Waals surface area (Å²) in [5, 5.41) is 4.19. The van der Waals surface area contributed by atoms with Gasteiger partial charge in [-0.15, -0.1) is 0 Å². The lowest BCUT2D eigenvalue weighted by atomic mass is 10.1. The molecular formula is C22H22ClNO5. The number of amides is 1. The third kappa shape index (κ3) is 5.16. The largest absolute Gasteiger partial charge is 0.450 e. The molecule has 29 heavy (non-hydrogen) atoms. The normalized spacial score (nSPS) is 12.0. The van der Waals surface area contributed by atoms with Crippen LogP contribution in [-0.2, 0) is 20.9 Å². The molecule has 1 amide bonds. The second kappa shape index (κ2) is 9.58. The van der Waals surface area contributed by atoms with E-state index in [2.05, 4.69) is 5.32 Å². The van der Waals surface area contributed by atoms with Crippen molar-refractivity contribution in [1.29, 1.82) is 0 Å². The minimum absolute atomic E-state index is 0.0539. The molecule has 0 aliphatic rings. The van der Waals surface area contributed by atoms with E-state index in [9.17, 15) is 9.59 Å². The van der Waals surface area contributed by atoms with E-state index in [1.165, 1.54) is 0 Å². The van der Waals surface area contributed by atoms with Crippen LogP contribution in [0.25, 0.3) is 11.0 Å². The molecule has 7 heteroatoms. The minimum atomic E-state index is -0.704. The molecule has 0 spiro atoms. The zero-order valence-electron chi connectivity index (χ0n) is 16.2. The zero-order chi connectivity index (χ0) is 20.8. The number of furan rings is 1. The van der Waals surface area contributed by atoms with E-state index in [1.807, 2.05) is 44.2 Å². The summed E-state index contributed by atoms with van der Waals surface area (Å²) in [6, 6.07) is 14.2. The number of carbonyl (C=O) groups is 2. The lowest BCUT2D eigenvalue weighted by Crippen LogP contribution is -2.31. The van der Waals surface area contributed by atoms with Crippen LogP contribution in [-0.4, -0.2) is 25.1 Å². The molecule has 1 atom stereocenters. The Kier molecular flexibility index (Phi) is 6.90. The maximum atomic E-state index is 12.5. The molecule has 3 aromatic rings. The Balaban J connectivity index is 1.64. The molecule has 0 aliphatic carbocycles. The molecule has 1 N–H and O–H groups in total. The Labute approximate surface area is 173 Å². The lowest BCUT2D eigenvalue weighted by molar-refractivity contribution is -0.124. The van der Waals surface area contributed by atoms with Gasteiger partial charge in [0.1, 0.15) is 5.58 Å². The van der Waals surface area contributed by atoms with Crippen molar-refractivity contribution < 1.29 is 23.5 Å². The fraction of sp³-hybridized carbons (Fsp3) is 0.273. The number of ether oxygens (including phenoxy) is 2. The number of hydrogen-bond donors (Lipinski definition) is 1. The number of rotatable bonds is 8. The highest BCUT2D eigenvalue weighted by atomic mass is 35.5. The van der Waals surface area contributed by atoms with Crippen LogP contribution in [0, 0.1) is 0 Å². The summed E-state index contributed by atoms with van der Waals surface area (Å²) in [6.07, 6.45) is 0. The van der Waals surface area contributed by atoms with E-state index in [0.717, 1.165) is 10.9 Å². The van der Waals surface area contributed by atoms with E-state index in [4.69, 9.17) is 25.5 Å². The van der Waals surface area contributed by atoms with E-state index in [-0.39, 0.29) is 18.4 Å². The van der Waals surface area contributed by atoms with Crippen LogP contribution in [0.3, 0.4) is 0 Å². The number of para-hydroxylation sites is 1. The average molecular weight is 416 g/mol. The Morgan fingerprint density at radius 2 is 1.86 bits per heavy atom. The highest BCUT2D eigenvalue weighted by Crippen LogP contribution is 2.27. The molecule has 152 valence electrons. The zero-order valence-corrected chi connectivity index (χ0v) is 17.0. The maximum absolute atomic E-state index is 12.5. The van der Waals surface area contributed by atoms with Gasteiger partial charge in [-0.05, 0) is 37.6 Å². The van der Waals surface area contributed by atoms with Crippen molar-refractivity contribution >= 4 is 34.4 Å². The van der Waals surface area contributed by atoms with Crippen LogP contribution in [0.4, 0.5) is 0 Å². The van der Waals surface area contributed by atoms with E-state index >= 15 is 0 Å². The van der Waals surface area contributed by atoms with Gasteiger partial charge in [0.05, 0.1) is 12.6 Å². The second-order valence-corrected chi connectivity index (χ2v) is 6.90. The standard InChI is InChI=1S/C22H22ClNO5/c1-3-27-12-18-17-6-4-5-7-19(17)29-21(18)22(26)28-13-20(25)24-14(2)15-8-10-16(23)11-9-15/h4-11,14H,3,12-13H2,1-2H3,(H,24,25)/t14-/m0/s1. The molecule has 3 rings (SSSR count). The molecule has 0 saturated heterocycles. The summed E-state index contributed by atoms with van der Waals surface area (Å²) in [4.78, 5) is 24.7. The van der Waals surface area contributed by atoms with Crippen LogP contribution in [0.15, 0.2) is 52.9 Å². The molecule has 0 unspecified atom stereocenters. The molecule has 0 fully saturated rings. The Bertz CT molecular complexity index is 996. The summed E-state index contributed by atoms with van der Waals surface area (Å²) in [5.41, 5.74) is 2.07. The van der Waals surface area contributed by atoms with E-state index in [1.54, 1.807) is 18.2 Å². The van der Waals surface area contributed by atoms with Gasteiger partial charge in [-0.2, -0.15) is 0 Å². The third-order valence-electron chi connectivity index (χ3n) is 4.42. The number of nitrogens with one attached hydrogen (secondary N) is 1. The number of hydrogen-bond acceptors (Lipinski definition) is 5.